The average molecular weight is 344 g/mol. The van der Waals surface area contributed by atoms with Crippen molar-refractivity contribution >= 4 is 39.5 Å². The SMILES string of the molecule is CSCCOC(C)(C)Cn1c(C)nc2c(N)nc3ccccc3c21. The minimum absolute atomic E-state index is 0.284. The van der Waals surface area contributed by atoms with Crippen LogP contribution in [-0.4, -0.2) is 38.8 Å². The molecule has 0 saturated carbocycles. The fraction of sp³-hybridized carbons (Fsp3) is 0.444. The molecule has 0 unspecified atom stereocenters. The molecule has 24 heavy (non-hydrogen) atoms. The van der Waals surface area contributed by atoms with Crippen molar-refractivity contribution in [2.24, 2.45) is 0 Å². The number of aryl methyl sites for hydroxylation is 1. The van der Waals surface area contributed by atoms with E-state index in [9.17, 15) is 0 Å². The highest BCUT2D eigenvalue weighted by Crippen LogP contribution is 2.30. The van der Waals surface area contributed by atoms with Crippen molar-refractivity contribution in [2.75, 3.05) is 24.3 Å². The van der Waals surface area contributed by atoms with Crippen molar-refractivity contribution < 1.29 is 4.74 Å². The van der Waals surface area contributed by atoms with E-state index < -0.39 is 0 Å². The first kappa shape index (κ1) is 17.0. The summed E-state index contributed by atoms with van der Waals surface area (Å²) in [5, 5.41) is 1.07. The van der Waals surface area contributed by atoms with Gasteiger partial charge < -0.3 is 15.0 Å². The van der Waals surface area contributed by atoms with Gasteiger partial charge in [-0.05, 0) is 33.1 Å². The minimum atomic E-state index is -0.284. The lowest BCUT2D eigenvalue weighted by molar-refractivity contribution is -0.0205. The normalized spacial score (nSPS) is 12.3. The molecule has 0 spiro atoms. The summed E-state index contributed by atoms with van der Waals surface area (Å²) >= 11 is 1.79. The number of ether oxygens (including phenoxy) is 1. The molecule has 5 nitrogen and oxygen atoms in total. The van der Waals surface area contributed by atoms with Gasteiger partial charge in [-0.1, -0.05) is 18.2 Å². The van der Waals surface area contributed by atoms with Crippen molar-refractivity contribution in [1.82, 2.24) is 14.5 Å². The van der Waals surface area contributed by atoms with Crippen LogP contribution in [0.25, 0.3) is 21.9 Å². The molecule has 2 N–H and O–H groups in total. The van der Waals surface area contributed by atoms with Gasteiger partial charge in [0.05, 0.1) is 29.8 Å². The zero-order valence-electron chi connectivity index (χ0n) is 14.7. The number of thioether (sulfide) groups is 1. The highest BCUT2D eigenvalue weighted by molar-refractivity contribution is 7.98. The summed E-state index contributed by atoms with van der Waals surface area (Å²) in [5.41, 5.74) is 8.56. The second kappa shape index (κ2) is 6.61. The third-order valence-corrected chi connectivity index (χ3v) is 4.70. The number of fused-ring (bicyclic) bond motifs is 3. The van der Waals surface area contributed by atoms with Gasteiger partial charge in [-0.25, -0.2) is 9.97 Å². The topological polar surface area (TPSA) is 66.0 Å². The van der Waals surface area contributed by atoms with Gasteiger partial charge in [0.15, 0.2) is 5.82 Å². The summed E-state index contributed by atoms with van der Waals surface area (Å²) in [5.74, 6) is 2.40. The number of para-hydroxylation sites is 1. The van der Waals surface area contributed by atoms with Gasteiger partial charge in [0.25, 0.3) is 0 Å². The van der Waals surface area contributed by atoms with Crippen LogP contribution in [0.1, 0.15) is 19.7 Å². The van der Waals surface area contributed by atoms with E-state index in [2.05, 4.69) is 40.7 Å². The third kappa shape index (κ3) is 3.21. The average Bonchev–Trinajstić information content (AvgIpc) is 2.85. The van der Waals surface area contributed by atoms with Gasteiger partial charge in [-0.2, -0.15) is 11.8 Å². The molecule has 1 aromatic carbocycles. The summed E-state index contributed by atoms with van der Waals surface area (Å²) < 4.78 is 8.28. The molecule has 2 heterocycles. The monoisotopic (exact) mass is 344 g/mol. The molecule has 2 aromatic heterocycles. The number of aromatic nitrogens is 3. The van der Waals surface area contributed by atoms with Crippen molar-refractivity contribution in [2.45, 2.75) is 32.9 Å². The molecule has 0 bridgehead atoms. The number of nitrogen functional groups attached to an aromatic ring is 1. The van der Waals surface area contributed by atoms with E-state index in [1.807, 2.05) is 25.1 Å². The number of pyridine rings is 1. The minimum Gasteiger partial charge on any atom is -0.382 e. The standard InChI is InChI=1S/C18H24N4OS/c1-12-20-15-16(13-7-5-6-8-14(13)21-17(15)19)22(12)11-18(2,3)23-9-10-24-4/h5-8H,9-11H2,1-4H3,(H2,19,21). The summed E-state index contributed by atoms with van der Waals surface area (Å²) in [4.78, 5) is 9.14. The molecule has 6 heteroatoms. The summed E-state index contributed by atoms with van der Waals surface area (Å²) in [7, 11) is 0. The van der Waals surface area contributed by atoms with Crippen LogP contribution < -0.4 is 5.73 Å². The van der Waals surface area contributed by atoms with E-state index in [-0.39, 0.29) is 5.60 Å². The second-order valence-electron chi connectivity index (χ2n) is 6.56. The zero-order chi connectivity index (χ0) is 17.3. The first-order valence-corrected chi connectivity index (χ1v) is 9.46. The Bertz CT molecular complexity index is 872. The largest absolute Gasteiger partial charge is 0.382 e. The van der Waals surface area contributed by atoms with Gasteiger partial charge in [-0.3, -0.25) is 0 Å². The summed E-state index contributed by atoms with van der Waals surface area (Å²) in [6, 6.07) is 8.05. The quantitative estimate of drug-likeness (QED) is 0.692. The van der Waals surface area contributed by atoms with Crippen LogP contribution in [0.15, 0.2) is 24.3 Å². The zero-order valence-corrected chi connectivity index (χ0v) is 15.5. The Morgan fingerprint density at radius 2 is 2.00 bits per heavy atom. The highest BCUT2D eigenvalue weighted by Gasteiger charge is 2.23. The molecule has 0 aliphatic heterocycles. The maximum absolute atomic E-state index is 6.15. The lowest BCUT2D eigenvalue weighted by Crippen LogP contribution is -2.31. The first-order valence-electron chi connectivity index (χ1n) is 8.07. The molecule has 0 fully saturated rings. The number of benzene rings is 1. The second-order valence-corrected chi connectivity index (χ2v) is 7.54. The van der Waals surface area contributed by atoms with Crippen LogP contribution in [0.2, 0.25) is 0 Å². The van der Waals surface area contributed by atoms with Crippen LogP contribution in [0.4, 0.5) is 5.82 Å². The molecule has 0 aliphatic carbocycles. The fourth-order valence-electron chi connectivity index (χ4n) is 2.99. The Kier molecular flexibility index (Phi) is 4.69. The predicted molar refractivity (Wildman–Crippen MR) is 103 cm³/mol. The smallest absolute Gasteiger partial charge is 0.152 e. The molecule has 0 amide bonds. The number of nitrogens with two attached hydrogens (primary N) is 1. The van der Waals surface area contributed by atoms with E-state index in [0.717, 1.165) is 46.7 Å². The Balaban J connectivity index is 2.09. The number of nitrogens with zero attached hydrogens (tertiary/aromatic N) is 3. The van der Waals surface area contributed by atoms with Crippen molar-refractivity contribution in [1.29, 1.82) is 0 Å². The van der Waals surface area contributed by atoms with Crippen LogP contribution in [0.3, 0.4) is 0 Å². The number of imidazole rings is 1. The van der Waals surface area contributed by atoms with Crippen molar-refractivity contribution in [3.05, 3.63) is 30.1 Å². The third-order valence-electron chi connectivity index (χ3n) is 4.12. The number of hydrogen-bond donors (Lipinski definition) is 1. The maximum atomic E-state index is 6.15. The van der Waals surface area contributed by atoms with Gasteiger partial charge in [0.2, 0.25) is 0 Å². The van der Waals surface area contributed by atoms with E-state index in [4.69, 9.17) is 10.5 Å². The molecule has 0 aliphatic rings. The van der Waals surface area contributed by atoms with Crippen LogP contribution >= 0.6 is 11.8 Å². The van der Waals surface area contributed by atoms with Gasteiger partial charge >= 0.3 is 0 Å². The first-order chi connectivity index (χ1) is 11.4. The summed E-state index contributed by atoms with van der Waals surface area (Å²) in [6.07, 6.45) is 2.09. The van der Waals surface area contributed by atoms with E-state index in [0.29, 0.717) is 5.82 Å². The lowest BCUT2D eigenvalue weighted by atomic mass is 10.1. The van der Waals surface area contributed by atoms with Crippen LogP contribution in [0.5, 0.6) is 0 Å². The van der Waals surface area contributed by atoms with Crippen LogP contribution in [-0.2, 0) is 11.3 Å². The van der Waals surface area contributed by atoms with Gasteiger partial charge in [0, 0.05) is 11.1 Å². The van der Waals surface area contributed by atoms with Crippen LogP contribution in [0, 0.1) is 6.92 Å². The molecular weight excluding hydrogens is 320 g/mol. The Morgan fingerprint density at radius 3 is 2.75 bits per heavy atom. The Labute approximate surface area is 146 Å². The number of anilines is 1. The summed E-state index contributed by atoms with van der Waals surface area (Å²) in [6.45, 7) is 7.70. The van der Waals surface area contributed by atoms with Crippen molar-refractivity contribution in [3.8, 4) is 0 Å². The maximum Gasteiger partial charge on any atom is 0.152 e. The number of hydrogen-bond acceptors (Lipinski definition) is 5. The van der Waals surface area contributed by atoms with Crippen molar-refractivity contribution in [3.63, 3.8) is 0 Å². The molecule has 0 radical (unpaired) electrons. The predicted octanol–water partition coefficient (Wildman–Crippen LogP) is 3.63. The van der Waals surface area contributed by atoms with Gasteiger partial charge in [0.1, 0.15) is 11.3 Å². The number of rotatable bonds is 6. The van der Waals surface area contributed by atoms with E-state index in [1.54, 1.807) is 11.8 Å². The lowest BCUT2D eigenvalue weighted by Gasteiger charge is -2.27. The highest BCUT2D eigenvalue weighted by atomic mass is 32.2. The van der Waals surface area contributed by atoms with E-state index in [1.165, 1.54) is 0 Å². The van der Waals surface area contributed by atoms with Gasteiger partial charge in [-0.15, -0.1) is 0 Å². The Morgan fingerprint density at radius 1 is 1.25 bits per heavy atom. The molecule has 128 valence electrons. The molecule has 3 rings (SSSR count). The molecule has 3 aromatic rings. The fourth-order valence-corrected chi connectivity index (χ4v) is 3.24. The molecule has 0 saturated heterocycles. The Hall–Kier alpha value is -1.79. The molecular formula is C18H24N4OS. The van der Waals surface area contributed by atoms with E-state index >= 15 is 0 Å². The molecule has 0 atom stereocenters.